The zero-order valence-corrected chi connectivity index (χ0v) is 9.85. The molecule has 6 nitrogen and oxygen atoms in total. The fraction of sp³-hybridized carbons (Fsp3) is 0.417. The molecule has 1 heterocycles. The van der Waals surface area contributed by atoms with Gasteiger partial charge in [0.15, 0.2) is 0 Å². The van der Waals surface area contributed by atoms with E-state index in [0.29, 0.717) is 19.8 Å². The van der Waals surface area contributed by atoms with Crippen LogP contribution < -0.4 is 10.6 Å². The zero-order chi connectivity index (χ0) is 13.0. The third kappa shape index (κ3) is 3.12. The first-order valence-electron chi connectivity index (χ1n) is 5.78. The molecule has 4 N–H and O–H groups in total. The van der Waals surface area contributed by atoms with E-state index in [0.717, 1.165) is 6.54 Å². The summed E-state index contributed by atoms with van der Waals surface area (Å²) in [5.74, 6) is -0.633. The Hall–Kier alpha value is -1.79. The van der Waals surface area contributed by atoms with Gasteiger partial charge in [0.1, 0.15) is 11.5 Å². The van der Waals surface area contributed by atoms with Crippen LogP contribution in [0.15, 0.2) is 18.2 Å². The Balaban J connectivity index is 1.92. The highest BCUT2D eigenvalue weighted by molar-refractivity contribution is 5.97. The number of rotatable bonds is 3. The molecule has 1 aliphatic rings. The third-order valence-electron chi connectivity index (χ3n) is 2.73. The Kier molecular flexibility index (Phi) is 4.01. The second-order valence-electron chi connectivity index (χ2n) is 4.14. The quantitative estimate of drug-likeness (QED) is 0.560. The molecule has 98 valence electrons. The highest BCUT2D eigenvalue weighted by Crippen LogP contribution is 2.21. The van der Waals surface area contributed by atoms with E-state index in [4.69, 9.17) is 4.74 Å². The van der Waals surface area contributed by atoms with Crippen LogP contribution in [0.4, 0.5) is 0 Å². The molecule has 1 saturated heterocycles. The summed E-state index contributed by atoms with van der Waals surface area (Å²) >= 11 is 0. The van der Waals surface area contributed by atoms with E-state index in [1.54, 1.807) is 0 Å². The number of benzene rings is 1. The number of hydrogen-bond donors (Lipinski definition) is 4. The molecule has 1 atom stereocenters. The fourth-order valence-electron chi connectivity index (χ4n) is 1.77. The van der Waals surface area contributed by atoms with Crippen molar-refractivity contribution in [3.05, 3.63) is 23.8 Å². The van der Waals surface area contributed by atoms with E-state index in [1.807, 2.05) is 0 Å². The summed E-state index contributed by atoms with van der Waals surface area (Å²) in [4.78, 5) is 11.8. The molecule has 1 aliphatic heterocycles. The number of aromatic hydroxyl groups is 2. The molecule has 1 fully saturated rings. The fourth-order valence-corrected chi connectivity index (χ4v) is 1.77. The number of ether oxygens (including phenoxy) is 1. The predicted octanol–water partition coefficient (Wildman–Crippen LogP) is -0.184. The lowest BCUT2D eigenvalue weighted by Gasteiger charge is -2.23. The highest BCUT2D eigenvalue weighted by Gasteiger charge is 2.16. The van der Waals surface area contributed by atoms with Crippen LogP contribution in [-0.4, -0.2) is 48.5 Å². The maximum absolute atomic E-state index is 11.8. The van der Waals surface area contributed by atoms with Gasteiger partial charge in [-0.3, -0.25) is 4.79 Å². The van der Waals surface area contributed by atoms with Gasteiger partial charge >= 0.3 is 0 Å². The highest BCUT2D eigenvalue weighted by atomic mass is 16.5. The Morgan fingerprint density at radius 1 is 1.50 bits per heavy atom. The molecule has 1 unspecified atom stereocenters. The van der Waals surface area contributed by atoms with Gasteiger partial charge < -0.3 is 25.6 Å². The number of carbonyl (C=O) groups excluding carboxylic acids is 1. The third-order valence-corrected chi connectivity index (χ3v) is 2.73. The second-order valence-corrected chi connectivity index (χ2v) is 4.14. The monoisotopic (exact) mass is 252 g/mol. The molecule has 1 aromatic rings. The average molecular weight is 252 g/mol. The number of nitrogens with one attached hydrogen (secondary N) is 2. The molecule has 2 rings (SSSR count). The number of phenolic OH excluding ortho intramolecular Hbond substituents is 2. The van der Waals surface area contributed by atoms with Crippen molar-refractivity contribution in [2.75, 3.05) is 26.3 Å². The minimum Gasteiger partial charge on any atom is -0.508 e. The molecule has 1 amide bonds. The summed E-state index contributed by atoms with van der Waals surface area (Å²) in [5.41, 5.74) is 0.0618. The standard InChI is InChI=1S/C12H16N2O4/c15-9-1-2-11(16)10(5-9)12(17)14-6-8-7-18-4-3-13-8/h1-2,5,8,13,15-16H,3-4,6-7H2,(H,14,17). The van der Waals surface area contributed by atoms with Gasteiger partial charge in [0, 0.05) is 19.1 Å². The van der Waals surface area contributed by atoms with Crippen molar-refractivity contribution in [1.82, 2.24) is 10.6 Å². The van der Waals surface area contributed by atoms with E-state index in [2.05, 4.69) is 10.6 Å². The van der Waals surface area contributed by atoms with Crippen LogP contribution in [0.3, 0.4) is 0 Å². The summed E-state index contributed by atoms with van der Waals surface area (Å²) in [5, 5.41) is 24.7. The van der Waals surface area contributed by atoms with E-state index in [1.165, 1.54) is 18.2 Å². The largest absolute Gasteiger partial charge is 0.508 e. The molecule has 0 spiro atoms. The van der Waals surface area contributed by atoms with Gasteiger partial charge in [0.05, 0.1) is 18.8 Å². The van der Waals surface area contributed by atoms with Crippen LogP contribution in [0, 0.1) is 0 Å². The maximum Gasteiger partial charge on any atom is 0.255 e. The van der Waals surface area contributed by atoms with Gasteiger partial charge in [-0.2, -0.15) is 0 Å². The van der Waals surface area contributed by atoms with Crippen LogP contribution in [0.5, 0.6) is 11.5 Å². The van der Waals surface area contributed by atoms with Gasteiger partial charge in [0.25, 0.3) is 5.91 Å². The molecule has 18 heavy (non-hydrogen) atoms. The van der Waals surface area contributed by atoms with Crippen molar-refractivity contribution in [1.29, 1.82) is 0 Å². The molecular formula is C12H16N2O4. The van der Waals surface area contributed by atoms with E-state index in [9.17, 15) is 15.0 Å². The minimum atomic E-state index is -0.421. The lowest BCUT2D eigenvalue weighted by atomic mass is 10.1. The van der Waals surface area contributed by atoms with Crippen LogP contribution in [0.25, 0.3) is 0 Å². The van der Waals surface area contributed by atoms with Gasteiger partial charge in [0.2, 0.25) is 0 Å². The van der Waals surface area contributed by atoms with Crippen molar-refractivity contribution < 1.29 is 19.7 Å². The summed E-state index contributed by atoms with van der Waals surface area (Å²) in [7, 11) is 0. The Labute approximate surface area is 105 Å². The maximum atomic E-state index is 11.8. The molecular weight excluding hydrogens is 236 g/mol. The molecule has 0 aliphatic carbocycles. The van der Waals surface area contributed by atoms with Crippen LogP contribution in [0.1, 0.15) is 10.4 Å². The van der Waals surface area contributed by atoms with Crippen molar-refractivity contribution in [2.45, 2.75) is 6.04 Å². The summed E-state index contributed by atoms with van der Waals surface area (Å²) in [6.45, 7) is 2.40. The second kappa shape index (κ2) is 5.70. The lowest BCUT2D eigenvalue weighted by Crippen LogP contribution is -2.48. The molecule has 0 saturated carbocycles. The Morgan fingerprint density at radius 3 is 3.06 bits per heavy atom. The number of phenols is 2. The number of carbonyl (C=O) groups is 1. The van der Waals surface area contributed by atoms with Crippen molar-refractivity contribution >= 4 is 5.91 Å². The first-order valence-corrected chi connectivity index (χ1v) is 5.78. The van der Waals surface area contributed by atoms with Crippen molar-refractivity contribution in [3.63, 3.8) is 0 Å². The lowest BCUT2D eigenvalue weighted by molar-refractivity contribution is 0.0734. The van der Waals surface area contributed by atoms with Crippen molar-refractivity contribution in [2.24, 2.45) is 0 Å². The molecule has 0 bridgehead atoms. The topological polar surface area (TPSA) is 90.8 Å². The average Bonchev–Trinajstić information content (AvgIpc) is 2.40. The van der Waals surface area contributed by atoms with E-state index in [-0.39, 0.29) is 23.1 Å². The van der Waals surface area contributed by atoms with Crippen LogP contribution in [-0.2, 0) is 4.74 Å². The first-order chi connectivity index (χ1) is 8.66. The smallest absolute Gasteiger partial charge is 0.255 e. The molecule has 6 heteroatoms. The molecule has 0 radical (unpaired) electrons. The minimum absolute atomic E-state index is 0.0583. The normalized spacial score (nSPS) is 19.4. The SMILES string of the molecule is O=C(NCC1COCCN1)c1cc(O)ccc1O. The van der Waals surface area contributed by atoms with Gasteiger partial charge in [-0.25, -0.2) is 0 Å². The number of amides is 1. The van der Waals surface area contributed by atoms with Crippen LogP contribution in [0.2, 0.25) is 0 Å². The predicted molar refractivity (Wildman–Crippen MR) is 64.7 cm³/mol. The van der Waals surface area contributed by atoms with E-state index < -0.39 is 5.91 Å². The summed E-state index contributed by atoms with van der Waals surface area (Å²) in [6, 6.07) is 3.91. The van der Waals surface area contributed by atoms with Crippen LogP contribution >= 0.6 is 0 Å². The Morgan fingerprint density at radius 2 is 2.33 bits per heavy atom. The molecule has 1 aromatic carbocycles. The zero-order valence-electron chi connectivity index (χ0n) is 9.85. The summed E-state index contributed by atoms with van der Waals surface area (Å²) in [6.07, 6.45) is 0. The van der Waals surface area contributed by atoms with E-state index >= 15 is 0 Å². The number of hydrogen-bond acceptors (Lipinski definition) is 5. The van der Waals surface area contributed by atoms with Gasteiger partial charge in [-0.05, 0) is 18.2 Å². The van der Waals surface area contributed by atoms with Gasteiger partial charge in [-0.1, -0.05) is 0 Å². The van der Waals surface area contributed by atoms with Crippen molar-refractivity contribution in [3.8, 4) is 11.5 Å². The summed E-state index contributed by atoms with van der Waals surface area (Å²) < 4.78 is 5.26. The van der Waals surface area contributed by atoms with Gasteiger partial charge in [-0.15, -0.1) is 0 Å². The number of morpholine rings is 1. The first kappa shape index (κ1) is 12.7. The Bertz CT molecular complexity index is 430. The molecule has 0 aromatic heterocycles.